The number of non-ortho nitro benzene ring substituents is 1. The fraction of sp³-hybridized carbons (Fsp3) is 0.0769. The van der Waals surface area contributed by atoms with E-state index in [1.54, 1.807) is 24.3 Å². The van der Waals surface area contributed by atoms with E-state index in [1.165, 1.54) is 12.1 Å². The molecule has 0 bridgehead atoms. The highest BCUT2D eigenvalue weighted by molar-refractivity contribution is 7.89. The molecule has 0 unspecified atom stereocenters. The van der Waals surface area contributed by atoms with Crippen LogP contribution in [0.1, 0.15) is 5.56 Å². The van der Waals surface area contributed by atoms with Crippen LogP contribution in [0.25, 0.3) is 0 Å². The minimum Gasteiger partial charge on any atom is -0.258 e. The summed E-state index contributed by atoms with van der Waals surface area (Å²) >= 11 is 5.74. The Balaban J connectivity index is 2.11. The molecule has 1 N–H and O–H groups in total. The number of hydrogen-bond acceptors (Lipinski definition) is 4. The molecule has 2 aromatic rings. The zero-order valence-corrected chi connectivity index (χ0v) is 12.3. The van der Waals surface area contributed by atoms with E-state index in [0.717, 1.165) is 17.7 Å². The summed E-state index contributed by atoms with van der Waals surface area (Å²) in [6.45, 7) is 0.108. The average molecular weight is 327 g/mol. The number of hydrogen-bond donors (Lipinski definition) is 1. The zero-order valence-electron chi connectivity index (χ0n) is 10.7. The highest BCUT2D eigenvalue weighted by Gasteiger charge is 2.15. The third-order valence-electron chi connectivity index (χ3n) is 2.74. The first-order valence-electron chi connectivity index (χ1n) is 5.87. The van der Waals surface area contributed by atoms with Gasteiger partial charge in [0.1, 0.15) is 0 Å². The molecule has 6 nitrogen and oxygen atoms in total. The summed E-state index contributed by atoms with van der Waals surface area (Å²) in [7, 11) is -3.72. The van der Waals surface area contributed by atoms with Crippen molar-refractivity contribution in [3.8, 4) is 0 Å². The summed E-state index contributed by atoms with van der Waals surface area (Å²) in [6, 6.07) is 11.4. The van der Waals surface area contributed by atoms with Crippen molar-refractivity contribution in [2.45, 2.75) is 11.4 Å². The van der Waals surface area contributed by atoms with Crippen LogP contribution in [-0.4, -0.2) is 13.3 Å². The number of nitro groups is 1. The second kappa shape index (κ2) is 6.21. The van der Waals surface area contributed by atoms with Crippen LogP contribution in [0.3, 0.4) is 0 Å². The minimum absolute atomic E-state index is 0.0259. The number of nitro benzene ring substituents is 1. The lowest BCUT2D eigenvalue weighted by molar-refractivity contribution is -0.384. The average Bonchev–Trinajstić information content (AvgIpc) is 2.47. The van der Waals surface area contributed by atoms with E-state index >= 15 is 0 Å². The van der Waals surface area contributed by atoms with Gasteiger partial charge >= 0.3 is 0 Å². The van der Waals surface area contributed by atoms with Crippen molar-refractivity contribution in [1.82, 2.24) is 4.72 Å². The molecule has 2 aromatic carbocycles. The molecule has 0 saturated carbocycles. The predicted molar refractivity (Wildman–Crippen MR) is 78.6 cm³/mol. The van der Waals surface area contributed by atoms with Crippen LogP contribution in [0, 0.1) is 10.1 Å². The summed E-state index contributed by atoms with van der Waals surface area (Å²) in [6.07, 6.45) is 0. The monoisotopic (exact) mass is 326 g/mol. The fourth-order valence-electron chi connectivity index (χ4n) is 1.61. The van der Waals surface area contributed by atoms with Gasteiger partial charge in [0, 0.05) is 23.7 Å². The first-order chi connectivity index (χ1) is 9.88. The smallest absolute Gasteiger partial charge is 0.258 e. The van der Waals surface area contributed by atoms with Crippen molar-refractivity contribution in [2.24, 2.45) is 0 Å². The number of sulfonamides is 1. The molecule has 0 heterocycles. The van der Waals surface area contributed by atoms with E-state index in [9.17, 15) is 18.5 Å². The maximum atomic E-state index is 12.0. The standard InChI is InChI=1S/C13H11ClN2O4S/c14-11-3-1-10(2-4-11)9-15-21(19,20)13-7-5-12(6-8-13)16(17)18/h1-8,15H,9H2. The van der Waals surface area contributed by atoms with Gasteiger partial charge in [-0.1, -0.05) is 23.7 Å². The van der Waals surface area contributed by atoms with Crippen molar-refractivity contribution in [1.29, 1.82) is 0 Å². The molecule has 0 spiro atoms. The summed E-state index contributed by atoms with van der Waals surface area (Å²) in [5.41, 5.74) is 0.594. The summed E-state index contributed by atoms with van der Waals surface area (Å²) in [4.78, 5) is 9.92. The summed E-state index contributed by atoms with van der Waals surface area (Å²) in [5.74, 6) is 0. The van der Waals surface area contributed by atoms with Crippen LogP contribution in [0.5, 0.6) is 0 Å². The Morgan fingerprint density at radius 1 is 1.05 bits per heavy atom. The van der Waals surface area contributed by atoms with Gasteiger partial charge in [0.25, 0.3) is 5.69 Å². The molecule has 0 saturated heterocycles. The van der Waals surface area contributed by atoms with Gasteiger partial charge in [-0.2, -0.15) is 0 Å². The SMILES string of the molecule is O=[N+]([O-])c1ccc(S(=O)(=O)NCc2ccc(Cl)cc2)cc1. The molecule has 0 aliphatic rings. The maximum Gasteiger partial charge on any atom is 0.269 e. The Kier molecular flexibility index (Phi) is 4.56. The van der Waals surface area contributed by atoms with E-state index in [-0.39, 0.29) is 17.1 Å². The number of rotatable bonds is 5. The van der Waals surface area contributed by atoms with Crippen molar-refractivity contribution in [2.75, 3.05) is 0 Å². The van der Waals surface area contributed by atoms with Gasteiger partial charge in [-0.3, -0.25) is 10.1 Å². The topological polar surface area (TPSA) is 89.3 Å². The van der Waals surface area contributed by atoms with Gasteiger partial charge in [-0.05, 0) is 29.8 Å². The molecular formula is C13H11ClN2O4S. The third-order valence-corrected chi connectivity index (χ3v) is 4.41. The van der Waals surface area contributed by atoms with Crippen LogP contribution in [0.2, 0.25) is 5.02 Å². The summed E-state index contributed by atoms with van der Waals surface area (Å²) in [5, 5.41) is 11.1. The van der Waals surface area contributed by atoms with Gasteiger partial charge < -0.3 is 0 Å². The Morgan fingerprint density at radius 3 is 2.14 bits per heavy atom. The van der Waals surface area contributed by atoms with Crippen molar-refractivity contribution in [3.05, 3.63) is 69.2 Å². The second-order valence-corrected chi connectivity index (χ2v) is 6.41. The predicted octanol–water partition coefficient (Wildman–Crippen LogP) is 2.73. The molecule has 110 valence electrons. The molecule has 0 amide bonds. The highest BCUT2D eigenvalue weighted by atomic mass is 35.5. The Bertz CT molecular complexity index is 743. The normalized spacial score (nSPS) is 11.3. The first-order valence-corrected chi connectivity index (χ1v) is 7.73. The van der Waals surface area contributed by atoms with Gasteiger partial charge in [0.15, 0.2) is 0 Å². The Labute approximate surface area is 126 Å². The Morgan fingerprint density at radius 2 is 1.62 bits per heavy atom. The van der Waals surface area contributed by atoms with Crippen molar-refractivity contribution in [3.63, 3.8) is 0 Å². The van der Waals surface area contributed by atoms with E-state index < -0.39 is 14.9 Å². The minimum atomic E-state index is -3.72. The quantitative estimate of drug-likeness (QED) is 0.675. The van der Waals surface area contributed by atoms with E-state index in [1.807, 2.05) is 0 Å². The van der Waals surface area contributed by atoms with Crippen LogP contribution >= 0.6 is 11.6 Å². The molecule has 2 rings (SSSR count). The maximum absolute atomic E-state index is 12.0. The van der Waals surface area contributed by atoms with E-state index in [2.05, 4.69) is 4.72 Å². The Hall–Kier alpha value is -1.96. The summed E-state index contributed by atoms with van der Waals surface area (Å²) < 4.78 is 26.5. The lowest BCUT2D eigenvalue weighted by Gasteiger charge is -2.07. The molecule has 0 fully saturated rings. The molecule has 0 aromatic heterocycles. The van der Waals surface area contributed by atoms with Crippen LogP contribution in [0.4, 0.5) is 5.69 Å². The van der Waals surface area contributed by atoms with Gasteiger partial charge in [-0.15, -0.1) is 0 Å². The molecule has 21 heavy (non-hydrogen) atoms. The van der Waals surface area contributed by atoms with Crippen molar-refractivity contribution < 1.29 is 13.3 Å². The first kappa shape index (κ1) is 15.4. The van der Waals surface area contributed by atoms with Gasteiger partial charge in [0.05, 0.1) is 9.82 Å². The largest absolute Gasteiger partial charge is 0.269 e. The number of nitrogens with zero attached hydrogens (tertiary/aromatic N) is 1. The van der Waals surface area contributed by atoms with Gasteiger partial charge in [-0.25, -0.2) is 13.1 Å². The van der Waals surface area contributed by atoms with Crippen molar-refractivity contribution >= 4 is 27.3 Å². The van der Waals surface area contributed by atoms with Crippen LogP contribution < -0.4 is 4.72 Å². The molecule has 0 aliphatic carbocycles. The fourth-order valence-corrected chi connectivity index (χ4v) is 2.75. The molecule has 0 atom stereocenters. The second-order valence-electron chi connectivity index (χ2n) is 4.20. The van der Waals surface area contributed by atoms with E-state index in [4.69, 9.17) is 11.6 Å². The van der Waals surface area contributed by atoms with Gasteiger partial charge in [0.2, 0.25) is 10.0 Å². The lowest BCUT2D eigenvalue weighted by Crippen LogP contribution is -2.23. The van der Waals surface area contributed by atoms with Crippen LogP contribution in [0.15, 0.2) is 53.4 Å². The molecule has 0 radical (unpaired) electrons. The molecule has 0 aliphatic heterocycles. The lowest BCUT2D eigenvalue weighted by atomic mass is 10.2. The molecule has 8 heteroatoms. The number of benzene rings is 2. The number of nitrogens with one attached hydrogen (secondary N) is 1. The number of halogens is 1. The highest BCUT2D eigenvalue weighted by Crippen LogP contribution is 2.16. The van der Waals surface area contributed by atoms with Crippen LogP contribution in [-0.2, 0) is 16.6 Å². The van der Waals surface area contributed by atoms with E-state index in [0.29, 0.717) is 5.02 Å². The zero-order chi connectivity index (χ0) is 15.5. The third kappa shape index (κ3) is 4.01. The molecular weight excluding hydrogens is 316 g/mol.